The molecular weight excluding hydrogens is 418 g/mol. The van der Waals surface area contributed by atoms with Crippen LogP contribution in [0.5, 0.6) is 11.8 Å². The third-order valence-corrected chi connectivity index (χ3v) is 7.07. The van der Waals surface area contributed by atoms with Gasteiger partial charge in [-0.05, 0) is 30.3 Å². The van der Waals surface area contributed by atoms with Crippen molar-refractivity contribution in [3.05, 3.63) is 54.6 Å². The van der Waals surface area contributed by atoms with Crippen molar-refractivity contribution in [1.82, 2.24) is 9.55 Å². The molecule has 0 aliphatic carbocycles. The van der Waals surface area contributed by atoms with Crippen LogP contribution < -0.4 is 13.8 Å². The monoisotopic (exact) mass is 441 g/mol. The Labute approximate surface area is 180 Å². The van der Waals surface area contributed by atoms with E-state index >= 15 is 0 Å². The van der Waals surface area contributed by atoms with E-state index in [0.717, 1.165) is 26.1 Å². The average molecular weight is 442 g/mol. The van der Waals surface area contributed by atoms with Gasteiger partial charge in [0.25, 0.3) is 10.0 Å². The third kappa shape index (κ3) is 3.45. The highest BCUT2D eigenvalue weighted by atomic mass is 32.2. The standard InChI is InChI=1S/C22H23N3O5S/c1-24-18-7-5-4-6-16(18)17-14-15(8-9-19(17)24)31(27,28)25(12-13-26)20-10-11-21(29-2)23-22(20)30-3/h4-11,14,26H,12-13H2,1-3H3. The van der Waals surface area contributed by atoms with Gasteiger partial charge >= 0.3 is 0 Å². The van der Waals surface area contributed by atoms with Crippen LogP contribution in [-0.2, 0) is 17.1 Å². The molecule has 2 aromatic carbocycles. The second-order valence-corrected chi connectivity index (χ2v) is 8.80. The molecule has 0 bridgehead atoms. The summed E-state index contributed by atoms with van der Waals surface area (Å²) in [6.07, 6.45) is 0. The van der Waals surface area contributed by atoms with E-state index in [4.69, 9.17) is 9.47 Å². The minimum Gasteiger partial charge on any atom is -0.481 e. The van der Waals surface area contributed by atoms with E-state index in [9.17, 15) is 13.5 Å². The molecule has 0 amide bonds. The van der Waals surface area contributed by atoms with E-state index in [-0.39, 0.29) is 29.6 Å². The van der Waals surface area contributed by atoms with E-state index in [1.54, 1.807) is 30.3 Å². The Morgan fingerprint density at radius 1 is 1.00 bits per heavy atom. The molecule has 4 rings (SSSR count). The number of benzene rings is 2. The first kappa shape index (κ1) is 21.0. The van der Waals surface area contributed by atoms with Crippen molar-refractivity contribution in [2.24, 2.45) is 7.05 Å². The predicted molar refractivity (Wildman–Crippen MR) is 119 cm³/mol. The van der Waals surface area contributed by atoms with Crippen LogP contribution >= 0.6 is 0 Å². The van der Waals surface area contributed by atoms with Gasteiger partial charge in [-0.2, -0.15) is 4.98 Å². The van der Waals surface area contributed by atoms with Gasteiger partial charge in [0.05, 0.1) is 32.3 Å². The number of pyridine rings is 1. The number of anilines is 1. The molecule has 8 nitrogen and oxygen atoms in total. The van der Waals surface area contributed by atoms with Gasteiger partial charge in [-0.1, -0.05) is 18.2 Å². The van der Waals surface area contributed by atoms with Crippen molar-refractivity contribution in [2.75, 3.05) is 31.7 Å². The van der Waals surface area contributed by atoms with Crippen molar-refractivity contribution in [2.45, 2.75) is 4.90 Å². The van der Waals surface area contributed by atoms with Crippen molar-refractivity contribution in [1.29, 1.82) is 0 Å². The quantitative estimate of drug-likeness (QED) is 0.474. The fourth-order valence-corrected chi connectivity index (χ4v) is 5.25. The zero-order valence-corrected chi connectivity index (χ0v) is 18.3. The molecule has 162 valence electrons. The number of methoxy groups -OCH3 is 2. The Morgan fingerprint density at radius 2 is 1.74 bits per heavy atom. The lowest BCUT2D eigenvalue weighted by Crippen LogP contribution is -2.34. The number of rotatable bonds is 7. The van der Waals surface area contributed by atoms with Crippen molar-refractivity contribution in [3.63, 3.8) is 0 Å². The summed E-state index contributed by atoms with van der Waals surface area (Å²) < 4.78 is 40.8. The largest absolute Gasteiger partial charge is 0.481 e. The van der Waals surface area contributed by atoms with Crippen LogP contribution in [-0.4, -0.2) is 50.4 Å². The van der Waals surface area contributed by atoms with Gasteiger partial charge < -0.3 is 19.1 Å². The van der Waals surface area contributed by atoms with Crippen LogP contribution in [0.4, 0.5) is 5.69 Å². The van der Waals surface area contributed by atoms with E-state index in [1.807, 2.05) is 35.9 Å². The third-order valence-electron chi connectivity index (χ3n) is 5.26. The van der Waals surface area contributed by atoms with Crippen molar-refractivity contribution >= 4 is 37.5 Å². The Balaban J connectivity index is 1.89. The van der Waals surface area contributed by atoms with Crippen LogP contribution in [0.15, 0.2) is 59.5 Å². The summed E-state index contributed by atoms with van der Waals surface area (Å²) >= 11 is 0. The molecule has 0 radical (unpaired) electrons. The van der Waals surface area contributed by atoms with Gasteiger partial charge in [0, 0.05) is 34.9 Å². The number of ether oxygens (including phenoxy) is 2. The highest BCUT2D eigenvalue weighted by Crippen LogP contribution is 2.35. The summed E-state index contributed by atoms with van der Waals surface area (Å²) in [6.45, 7) is -0.523. The molecule has 1 N–H and O–H groups in total. The lowest BCUT2D eigenvalue weighted by molar-refractivity contribution is 0.306. The summed E-state index contributed by atoms with van der Waals surface area (Å²) in [4.78, 5) is 4.29. The molecule has 0 spiro atoms. The van der Waals surface area contributed by atoms with E-state index in [0.29, 0.717) is 5.88 Å². The Hall–Kier alpha value is -3.30. The number of aryl methyl sites for hydroxylation is 1. The second kappa shape index (κ2) is 8.09. The van der Waals surface area contributed by atoms with Crippen LogP contribution in [0, 0.1) is 0 Å². The Kier molecular flexibility index (Phi) is 5.47. The highest BCUT2D eigenvalue weighted by Gasteiger charge is 2.28. The first-order valence-corrected chi connectivity index (χ1v) is 11.1. The topological polar surface area (TPSA) is 93.9 Å². The number of para-hydroxylation sites is 1. The van der Waals surface area contributed by atoms with Gasteiger partial charge in [0.15, 0.2) is 0 Å². The van der Waals surface area contributed by atoms with Gasteiger partial charge in [-0.15, -0.1) is 0 Å². The fourth-order valence-electron chi connectivity index (χ4n) is 3.77. The number of aliphatic hydroxyl groups is 1. The second-order valence-electron chi connectivity index (χ2n) is 6.94. The molecule has 9 heteroatoms. The minimum atomic E-state index is -4.02. The number of fused-ring (bicyclic) bond motifs is 3. The zero-order valence-electron chi connectivity index (χ0n) is 17.4. The van der Waals surface area contributed by atoms with E-state index in [1.165, 1.54) is 14.2 Å². The lowest BCUT2D eigenvalue weighted by Gasteiger charge is -2.25. The molecule has 0 unspecified atom stereocenters. The first-order chi connectivity index (χ1) is 14.9. The Bertz CT molecular complexity index is 1360. The summed E-state index contributed by atoms with van der Waals surface area (Å²) in [7, 11) is 0.795. The van der Waals surface area contributed by atoms with Gasteiger partial charge in [0.1, 0.15) is 5.69 Å². The molecular formula is C22H23N3O5S. The molecule has 2 aromatic heterocycles. The maximum Gasteiger partial charge on any atom is 0.264 e. The molecule has 0 atom stereocenters. The average Bonchev–Trinajstić information content (AvgIpc) is 3.09. The molecule has 4 aromatic rings. The maximum atomic E-state index is 13.6. The minimum absolute atomic E-state index is 0.0858. The van der Waals surface area contributed by atoms with Crippen LogP contribution in [0.1, 0.15) is 0 Å². The molecule has 0 aliphatic rings. The summed E-state index contributed by atoms with van der Waals surface area (Å²) in [5.74, 6) is 0.377. The van der Waals surface area contributed by atoms with Crippen LogP contribution in [0.25, 0.3) is 21.8 Å². The summed E-state index contributed by atoms with van der Waals surface area (Å²) in [6, 6.07) is 16.0. The number of aliphatic hydroxyl groups excluding tert-OH is 1. The Morgan fingerprint density at radius 3 is 2.45 bits per heavy atom. The molecule has 0 saturated carbocycles. The molecule has 0 aliphatic heterocycles. The summed E-state index contributed by atoms with van der Waals surface area (Å²) in [5.41, 5.74) is 2.16. The van der Waals surface area contributed by atoms with Crippen molar-refractivity contribution in [3.8, 4) is 11.8 Å². The van der Waals surface area contributed by atoms with Gasteiger partial charge in [0.2, 0.25) is 11.8 Å². The van der Waals surface area contributed by atoms with E-state index in [2.05, 4.69) is 4.98 Å². The number of hydrogen-bond acceptors (Lipinski definition) is 6. The molecule has 0 fully saturated rings. The fraction of sp³-hybridized carbons (Fsp3) is 0.227. The lowest BCUT2D eigenvalue weighted by atomic mass is 10.1. The number of aromatic nitrogens is 2. The first-order valence-electron chi connectivity index (χ1n) is 9.62. The molecule has 31 heavy (non-hydrogen) atoms. The normalized spacial score (nSPS) is 11.7. The zero-order chi connectivity index (χ0) is 22.2. The number of nitrogens with zero attached hydrogens (tertiary/aromatic N) is 3. The van der Waals surface area contributed by atoms with Crippen LogP contribution in [0.3, 0.4) is 0 Å². The SMILES string of the molecule is COc1ccc(N(CCO)S(=O)(=O)c2ccc3c(c2)c2ccccc2n3C)c(OC)n1. The number of hydrogen-bond donors (Lipinski definition) is 1. The number of sulfonamides is 1. The van der Waals surface area contributed by atoms with Crippen LogP contribution in [0.2, 0.25) is 0 Å². The predicted octanol–water partition coefficient (Wildman–Crippen LogP) is 2.93. The maximum absolute atomic E-state index is 13.6. The molecule has 0 saturated heterocycles. The van der Waals surface area contributed by atoms with E-state index < -0.39 is 10.0 Å². The molecule has 2 heterocycles. The van der Waals surface area contributed by atoms with Gasteiger partial charge in [-0.3, -0.25) is 4.31 Å². The van der Waals surface area contributed by atoms with Gasteiger partial charge in [-0.25, -0.2) is 8.42 Å². The smallest absolute Gasteiger partial charge is 0.264 e. The highest BCUT2D eigenvalue weighted by molar-refractivity contribution is 7.92. The van der Waals surface area contributed by atoms with Crippen molar-refractivity contribution < 1.29 is 23.0 Å². The summed E-state index contributed by atoms with van der Waals surface area (Å²) in [5, 5.41) is 11.4.